The number of likely N-dealkylation sites (tertiary alicyclic amines) is 1. The predicted molar refractivity (Wildman–Crippen MR) is 93.4 cm³/mol. The number of rotatable bonds is 3. The molecular formula is C17H29N3O2S. The molecule has 0 aromatic carbocycles. The lowest BCUT2D eigenvalue weighted by Gasteiger charge is -2.41. The fraction of sp³-hybridized carbons (Fsp3) is 0.941. The van der Waals surface area contributed by atoms with Crippen molar-refractivity contribution in [3.05, 3.63) is 0 Å². The predicted octanol–water partition coefficient (Wildman–Crippen LogP) is 2.01. The molecular weight excluding hydrogens is 310 g/mol. The number of aliphatic imine (C=N–C) groups is 1. The molecule has 0 amide bonds. The van der Waals surface area contributed by atoms with Crippen LogP contribution in [-0.2, 0) is 4.74 Å². The normalized spacial score (nSPS) is 42.8. The summed E-state index contributed by atoms with van der Waals surface area (Å²) in [5.74, 6) is 0.991. The van der Waals surface area contributed by atoms with Gasteiger partial charge < -0.3 is 15.2 Å². The number of nitrogens with one attached hydrogen (secondary N) is 1. The Morgan fingerprint density at radius 1 is 1.30 bits per heavy atom. The zero-order valence-corrected chi connectivity index (χ0v) is 14.8. The van der Waals surface area contributed by atoms with Crippen molar-refractivity contribution < 1.29 is 9.84 Å². The lowest BCUT2D eigenvalue weighted by atomic mass is 9.83. The highest BCUT2D eigenvalue weighted by Gasteiger charge is 2.51. The molecule has 2 N–H and O–H groups in total. The summed E-state index contributed by atoms with van der Waals surface area (Å²) in [6.45, 7) is 3.85. The van der Waals surface area contributed by atoms with E-state index in [1.807, 2.05) is 13.3 Å². The first kappa shape index (κ1) is 16.2. The zero-order valence-electron chi connectivity index (χ0n) is 13.9. The molecule has 0 aromatic rings. The van der Waals surface area contributed by atoms with E-state index in [1.54, 1.807) is 0 Å². The van der Waals surface area contributed by atoms with Crippen LogP contribution in [0.5, 0.6) is 0 Å². The number of thioether (sulfide) groups is 1. The zero-order chi connectivity index (χ0) is 15.8. The highest BCUT2D eigenvalue weighted by molar-refractivity contribution is 8.00. The van der Waals surface area contributed by atoms with Crippen molar-refractivity contribution in [2.45, 2.75) is 74.6 Å². The van der Waals surface area contributed by atoms with Gasteiger partial charge in [0.25, 0.3) is 0 Å². The SMILES string of the molecule is CC(O)N1CCC2SC3NC=NC(OC4CCCCC4)C3C2C1. The maximum absolute atomic E-state index is 9.96. The van der Waals surface area contributed by atoms with E-state index in [0.29, 0.717) is 28.6 Å². The topological polar surface area (TPSA) is 57.1 Å². The van der Waals surface area contributed by atoms with Crippen LogP contribution in [0.15, 0.2) is 4.99 Å². The van der Waals surface area contributed by atoms with Crippen LogP contribution < -0.4 is 5.32 Å². The minimum Gasteiger partial charge on any atom is -0.379 e. The molecule has 1 saturated carbocycles. The maximum Gasteiger partial charge on any atom is 0.156 e. The standard InChI is InChI=1S/C17H29N3O2S/c1-11(21)20-8-7-14-13(9-20)15-16(18-10-19-17(15)23-14)22-12-5-3-2-4-6-12/h10-17,21H,2-9H2,1H3,(H,18,19). The summed E-state index contributed by atoms with van der Waals surface area (Å²) in [7, 11) is 0. The van der Waals surface area contributed by atoms with Crippen molar-refractivity contribution in [3.63, 3.8) is 0 Å². The first-order valence-electron chi connectivity index (χ1n) is 9.23. The third kappa shape index (κ3) is 3.28. The first-order chi connectivity index (χ1) is 11.2. The molecule has 6 unspecified atom stereocenters. The molecule has 4 aliphatic rings. The van der Waals surface area contributed by atoms with Crippen LogP contribution in [0.2, 0.25) is 0 Å². The number of hydrogen-bond acceptors (Lipinski definition) is 6. The highest BCUT2D eigenvalue weighted by Crippen LogP contribution is 2.49. The van der Waals surface area contributed by atoms with Crippen molar-refractivity contribution in [3.8, 4) is 0 Å². The Balaban J connectivity index is 1.47. The third-order valence-corrected chi connectivity index (χ3v) is 7.67. The Morgan fingerprint density at radius 3 is 2.91 bits per heavy atom. The Bertz CT molecular complexity index is 442. The molecule has 0 radical (unpaired) electrons. The summed E-state index contributed by atoms with van der Waals surface area (Å²) in [5, 5.41) is 14.5. The number of hydrogen-bond donors (Lipinski definition) is 2. The smallest absolute Gasteiger partial charge is 0.156 e. The lowest BCUT2D eigenvalue weighted by molar-refractivity contribution is -0.0806. The molecule has 5 nitrogen and oxygen atoms in total. The van der Waals surface area contributed by atoms with Crippen molar-refractivity contribution in [1.82, 2.24) is 10.2 Å². The molecule has 6 atom stereocenters. The highest BCUT2D eigenvalue weighted by atomic mass is 32.2. The van der Waals surface area contributed by atoms with Gasteiger partial charge in [-0.05, 0) is 32.1 Å². The van der Waals surface area contributed by atoms with Gasteiger partial charge in [-0.25, -0.2) is 4.99 Å². The monoisotopic (exact) mass is 339 g/mol. The van der Waals surface area contributed by atoms with E-state index in [9.17, 15) is 5.11 Å². The number of piperidine rings is 1. The van der Waals surface area contributed by atoms with E-state index < -0.39 is 0 Å². The van der Waals surface area contributed by atoms with Gasteiger partial charge in [0.05, 0.1) is 17.8 Å². The van der Waals surface area contributed by atoms with Crippen molar-refractivity contribution >= 4 is 18.1 Å². The van der Waals surface area contributed by atoms with Crippen molar-refractivity contribution in [2.75, 3.05) is 13.1 Å². The van der Waals surface area contributed by atoms with E-state index in [2.05, 4.69) is 27.0 Å². The van der Waals surface area contributed by atoms with Crippen molar-refractivity contribution in [1.29, 1.82) is 0 Å². The number of ether oxygens (including phenoxy) is 1. The Labute approximate surface area is 143 Å². The van der Waals surface area contributed by atoms with E-state index in [1.165, 1.54) is 32.1 Å². The van der Waals surface area contributed by atoms with E-state index in [0.717, 1.165) is 19.5 Å². The molecule has 130 valence electrons. The molecule has 3 fully saturated rings. The summed E-state index contributed by atoms with van der Waals surface area (Å²) >= 11 is 2.07. The van der Waals surface area contributed by atoms with Gasteiger partial charge in [-0.3, -0.25) is 4.90 Å². The average molecular weight is 340 g/mol. The van der Waals surface area contributed by atoms with Crippen LogP contribution in [0.3, 0.4) is 0 Å². The van der Waals surface area contributed by atoms with Crippen LogP contribution in [0.25, 0.3) is 0 Å². The summed E-state index contributed by atoms with van der Waals surface area (Å²) in [5.41, 5.74) is 0. The van der Waals surface area contributed by atoms with Gasteiger partial charge in [0.2, 0.25) is 0 Å². The summed E-state index contributed by atoms with van der Waals surface area (Å²) in [4.78, 5) is 6.88. The second kappa shape index (κ2) is 6.90. The van der Waals surface area contributed by atoms with Gasteiger partial charge in [0.1, 0.15) is 6.23 Å². The van der Waals surface area contributed by atoms with E-state index in [-0.39, 0.29) is 12.5 Å². The second-order valence-electron chi connectivity index (χ2n) is 7.48. The first-order valence-corrected chi connectivity index (χ1v) is 10.2. The molecule has 0 bridgehead atoms. The molecule has 23 heavy (non-hydrogen) atoms. The molecule has 0 spiro atoms. The van der Waals surface area contributed by atoms with Crippen LogP contribution in [0, 0.1) is 11.8 Å². The molecule has 0 aromatic heterocycles. The number of nitrogens with zero attached hydrogens (tertiary/aromatic N) is 2. The third-order valence-electron chi connectivity index (χ3n) is 5.99. The van der Waals surface area contributed by atoms with E-state index in [4.69, 9.17) is 4.74 Å². The number of aliphatic hydroxyl groups is 1. The fourth-order valence-electron chi connectivity index (χ4n) is 4.69. The molecule has 4 rings (SSSR count). The van der Waals surface area contributed by atoms with Crippen LogP contribution in [0.1, 0.15) is 45.4 Å². The molecule has 1 aliphatic carbocycles. The van der Waals surface area contributed by atoms with Gasteiger partial charge >= 0.3 is 0 Å². The minimum atomic E-state index is -0.349. The maximum atomic E-state index is 9.96. The summed E-state index contributed by atoms with van der Waals surface area (Å²) < 4.78 is 6.46. The average Bonchev–Trinajstić information content (AvgIpc) is 2.94. The van der Waals surface area contributed by atoms with E-state index >= 15 is 0 Å². The molecule has 3 heterocycles. The number of aliphatic hydroxyl groups excluding tert-OH is 1. The Morgan fingerprint density at radius 2 is 2.13 bits per heavy atom. The van der Waals surface area contributed by atoms with Gasteiger partial charge in [0.15, 0.2) is 6.23 Å². The Kier molecular flexibility index (Phi) is 4.86. The summed E-state index contributed by atoms with van der Waals surface area (Å²) in [6.07, 6.45) is 9.40. The second-order valence-corrected chi connectivity index (χ2v) is 8.87. The van der Waals surface area contributed by atoms with Crippen LogP contribution >= 0.6 is 11.8 Å². The fourth-order valence-corrected chi connectivity index (χ4v) is 6.44. The molecule has 3 aliphatic heterocycles. The van der Waals surface area contributed by atoms with Gasteiger partial charge in [-0.15, -0.1) is 11.8 Å². The molecule has 6 heteroatoms. The van der Waals surface area contributed by atoms with Crippen LogP contribution in [0.4, 0.5) is 0 Å². The summed E-state index contributed by atoms with van der Waals surface area (Å²) in [6, 6.07) is 0. The lowest BCUT2D eigenvalue weighted by Crippen LogP contribution is -2.51. The Hall–Kier alpha value is -0.300. The molecule has 2 saturated heterocycles. The number of fused-ring (bicyclic) bond motifs is 3. The van der Waals surface area contributed by atoms with Gasteiger partial charge in [-0.2, -0.15) is 0 Å². The van der Waals surface area contributed by atoms with Crippen LogP contribution in [-0.4, -0.2) is 58.6 Å². The quantitative estimate of drug-likeness (QED) is 0.824. The van der Waals surface area contributed by atoms with Gasteiger partial charge in [-0.1, -0.05) is 19.3 Å². The van der Waals surface area contributed by atoms with Crippen molar-refractivity contribution in [2.24, 2.45) is 16.8 Å². The minimum absolute atomic E-state index is 0.000740. The largest absolute Gasteiger partial charge is 0.379 e. The van der Waals surface area contributed by atoms with Gasteiger partial charge in [0, 0.05) is 24.3 Å².